The lowest BCUT2D eigenvalue weighted by atomic mass is 9.90. The average molecular weight is 455 g/mol. The average Bonchev–Trinajstić information content (AvgIpc) is 3.48. The molecular formula is C31H22N2S. The minimum Gasteiger partial charge on any atom is -0.292 e. The molecule has 0 saturated heterocycles. The number of rotatable bonds is 3. The summed E-state index contributed by atoms with van der Waals surface area (Å²) in [7, 11) is 0. The highest BCUT2D eigenvalue weighted by Gasteiger charge is 2.32. The van der Waals surface area contributed by atoms with E-state index in [9.17, 15) is 0 Å². The molecule has 1 aromatic heterocycles. The van der Waals surface area contributed by atoms with Crippen LogP contribution in [0, 0.1) is 0 Å². The molecule has 34 heavy (non-hydrogen) atoms. The van der Waals surface area contributed by atoms with Crippen LogP contribution in [0.4, 0.5) is 0 Å². The van der Waals surface area contributed by atoms with Gasteiger partial charge in [0.15, 0.2) is 0 Å². The van der Waals surface area contributed by atoms with Gasteiger partial charge in [0.1, 0.15) is 5.82 Å². The Bertz CT molecular complexity index is 1580. The molecule has 3 heteroatoms. The first-order chi connectivity index (χ1) is 16.9. The molecule has 2 heterocycles. The maximum absolute atomic E-state index is 5.01. The normalized spacial score (nSPS) is 18.2. The van der Waals surface area contributed by atoms with Gasteiger partial charge in [0.05, 0.1) is 11.0 Å². The van der Waals surface area contributed by atoms with E-state index < -0.39 is 0 Å². The molecule has 2 nitrogen and oxygen atoms in total. The molecule has 0 fully saturated rings. The summed E-state index contributed by atoms with van der Waals surface area (Å²) < 4.78 is 2.25. The molecule has 0 radical (unpaired) electrons. The summed E-state index contributed by atoms with van der Waals surface area (Å²) in [6.45, 7) is 0. The first-order valence-corrected chi connectivity index (χ1v) is 12.5. The van der Waals surface area contributed by atoms with E-state index in [0.717, 1.165) is 28.1 Å². The van der Waals surface area contributed by atoms with Crippen LogP contribution in [0.2, 0.25) is 0 Å². The lowest BCUT2D eigenvalue weighted by Crippen LogP contribution is -2.06. The number of fused-ring (bicyclic) bond motifs is 4. The maximum Gasteiger partial charge on any atom is 0.145 e. The van der Waals surface area contributed by atoms with Gasteiger partial charge in [-0.2, -0.15) is 0 Å². The molecule has 2 unspecified atom stereocenters. The molecule has 1 aliphatic carbocycles. The molecule has 2 atom stereocenters. The molecule has 2 aliphatic rings. The summed E-state index contributed by atoms with van der Waals surface area (Å²) in [5.74, 6) is 1.45. The van der Waals surface area contributed by atoms with Crippen molar-refractivity contribution < 1.29 is 0 Å². The van der Waals surface area contributed by atoms with Crippen molar-refractivity contribution in [3.8, 4) is 28.2 Å². The quantitative estimate of drug-likeness (QED) is 0.274. The largest absolute Gasteiger partial charge is 0.292 e. The molecule has 4 aromatic carbocycles. The van der Waals surface area contributed by atoms with E-state index >= 15 is 0 Å². The van der Waals surface area contributed by atoms with Crippen molar-refractivity contribution in [3.63, 3.8) is 0 Å². The van der Waals surface area contributed by atoms with E-state index in [1.165, 1.54) is 21.6 Å². The molecule has 7 rings (SSSR count). The van der Waals surface area contributed by atoms with Gasteiger partial charge in [-0.1, -0.05) is 97.1 Å². The van der Waals surface area contributed by atoms with Gasteiger partial charge < -0.3 is 0 Å². The second kappa shape index (κ2) is 7.89. The van der Waals surface area contributed by atoms with Crippen LogP contribution in [0.1, 0.15) is 11.5 Å². The van der Waals surface area contributed by atoms with Gasteiger partial charge in [0.25, 0.3) is 0 Å². The van der Waals surface area contributed by atoms with Crippen molar-refractivity contribution in [1.82, 2.24) is 9.55 Å². The minimum atomic E-state index is 0.481. The van der Waals surface area contributed by atoms with Gasteiger partial charge in [0.2, 0.25) is 0 Å². The summed E-state index contributed by atoms with van der Waals surface area (Å²) in [5, 5.41) is 0.506. The van der Waals surface area contributed by atoms with Gasteiger partial charge in [-0.15, -0.1) is 11.8 Å². The third kappa shape index (κ3) is 3.08. The number of hydrogen-bond acceptors (Lipinski definition) is 2. The van der Waals surface area contributed by atoms with Crippen LogP contribution < -0.4 is 0 Å². The summed E-state index contributed by atoms with van der Waals surface area (Å²) in [6.07, 6.45) is 9.02. The van der Waals surface area contributed by atoms with E-state index in [1.54, 1.807) is 0 Å². The first-order valence-electron chi connectivity index (χ1n) is 11.6. The number of thioether (sulfide) groups is 1. The van der Waals surface area contributed by atoms with Gasteiger partial charge in [-0.05, 0) is 41.0 Å². The summed E-state index contributed by atoms with van der Waals surface area (Å²) >= 11 is 1.99. The minimum absolute atomic E-state index is 0.481. The summed E-state index contributed by atoms with van der Waals surface area (Å²) in [6, 6.07) is 34.5. The fourth-order valence-corrected chi connectivity index (χ4v) is 6.63. The maximum atomic E-state index is 5.01. The lowest BCUT2D eigenvalue weighted by molar-refractivity contribution is 0.881. The molecular weight excluding hydrogens is 432 g/mol. The number of imidazole rings is 1. The number of aromatic nitrogens is 2. The van der Waals surface area contributed by atoms with Crippen molar-refractivity contribution in [2.75, 3.05) is 0 Å². The number of nitrogens with zero attached hydrogens (tertiary/aromatic N) is 2. The van der Waals surface area contributed by atoms with Crippen molar-refractivity contribution in [1.29, 1.82) is 0 Å². The predicted molar refractivity (Wildman–Crippen MR) is 143 cm³/mol. The number of benzene rings is 4. The monoisotopic (exact) mass is 454 g/mol. The third-order valence-corrected chi connectivity index (χ3v) is 8.19. The van der Waals surface area contributed by atoms with Gasteiger partial charge in [-0.25, -0.2) is 4.98 Å². The third-order valence-electron chi connectivity index (χ3n) is 6.77. The highest BCUT2D eigenvalue weighted by molar-refractivity contribution is 8.00. The van der Waals surface area contributed by atoms with E-state index in [2.05, 4.69) is 120 Å². The fraction of sp³-hybridized carbons (Fsp3) is 0.0645. The zero-order valence-corrected chi connectivity index (χ0v) is 19.3. The highest BCUT2D eigenvalue weighted by atomic mass is 32.2. The Hall–Kier alpha value is -3.82. The number of hydrogen-bond donors (Lipinski definition) is 0. The fourth-order valence-electron chi connectivity index (χ4n) is 5.15. The molecule has 0 spiro atoms. The lowest BCUT2D eigenvalue weighted by Gasteiger charge is -2.14. The van der Waals surface area contributed by atoms with Crippen LogP contribution in [-0.2, 0) is 0 Å². The Labute approximate surface area is 203 Å². The van der Waals surface area contributed by atoms with E-state index in [0.29, 0.717) is 11.2 Å². The predicted octanol–water partition coefficient (Wildman–Crippen LogP) is 8.04. The number of allylic oxidation sites excluding steroid dienone is 3. The zero-order valence-electron chi connectivity index (χ0n) is 18.5. The Morgan fingerprint density at radius 3 is 2.32 bits per heavy atom. The SMILES string of the molecule is C1=CC2Sc3c(-c4ccc(-c5nc6ccccc6n5-c5ccccc5)cc4)cccc3C2C=C1. The summed E-state index contributed by atoms with van der Waals surface area (Å²) in [5.41, 5.74) is 8.38. The Morgan fingerprint density at radius 1 is 0.676 bits per heavy atom. The van der Waals surface area contributed by atoms with Crippen molar-refractivity contribution in [2.45, 2.75) is 16.1 Å². The van der Waals surface area contributed by atoms with Crippen molar-refractivity contribution >= 4 is 22.8 Å². The topological polar surface area (TPSA) is 17.8 Å². The van der Waals surface area contributed by atoms with Crippen LogP contribution in [-0.4, -0.2) is 14.8 Å². The smallest absolute Gasteiger partial charge is 0.145 e. The second-order valence-electron chi connectivity index (χ2n) is 8.77. The van der Waals surface area contributed by atoms with Gasteiger partial charge >= 0.3 is 0 Å². The van der Waals surface area contributed by atoms with Crippen LogP contribution >= 0.6 is 11.8 Å². The molecule has 0 N–H and O–H groups in total. The van der Waals surface area contributed by atoms with Crippen LogP contribution in [0.15, 0.2) is 126 Å². The molecule has 5 aromatic rings. The molecule has 162 valence electrons. The Kier molecular flexibility index (Phi) is 4.56. The molecule has 0 saturated carbocycles. The molecule has 0 amide bonds. The van der Waals surface area contributed by atoms with Crippen molar-refractivity contribution in [2.24, 2.45) is 0 Å². The zero-order chi connectivity index (χ0) is 22.5. The van der Waals surface area contributed by atoms with Crippen molar-refractivity contribution in [3.05, 3.63) is 127 Å². The standard InChI is InChI=1S/C31H22N2S/c1-2-9-23(10-3-1)33-28-15-6-5-14-27(28)32-31(33)22-19-17-21(18-20-22)24-12-8-13-26-25-11-4-7-16-29(25)34-30(24)26/h1-20,25,29H. The first kappa shape index (κ1) is 19.6. The van der Waals surface area contributed by atoms with Crippen LogP contribution in [0.25, 0.3) is 39.2 Å². The second-order valence-corrected chi connectivity index (χ2v) is 9.96. The van der Waals surface area contributed by atoms with Crippen LogP contribution in [0.5, 0.6) is 0 Å². The summed E-state index contributed by atoms with van der Waals surface area (Å²) in [4.78, 5) is 6.43. The van der Waals surface area contributed by atoms with E-state index in [-0.39, 0.29) is 0 Å². The van der Waals surface area contributed by atoms with Gasteiger partial charge in [-0.3, -0.25) is 4.57 Å². The van der Waals surface area contributed by atoms with Crippen LogP contribution in [0.3, 0.4) is 0 Å². The Morgan fingerprint density at radius 2 is 1.44 bits per heavy atom. The van der Waals surface area contributed by atoms with Gasteiger partial charge in [0, 0.05) is 27.3 Å². The molecule has 0 bridgehead atoms. The number of para-hydroxylation sites is 3. The van der Waals surface area contributed by atoms with E-state index in [1.807, 2.05) is 17.8 Å². The molecule has 1 aliphatic heterocycles. The Balaban J connectivity index is 1.32. The highest BCUT2D eigenvalue weighted by Crippen LogP contribution is 2.51. The van der Waals surface area contributed by atoms with E-state index in [4.69, 9.17) is 4.98 Å².